The van der Waals surface area contributed by atoms with E-state index in [0.29, 0.717) is 6.61 Å². The molecular formula is C47H64O5S. The smallest absolute Gasteiger partial charge is 0.297 e. The lowest BCUT2D eigenvalue weighted by atomic mass is 9.80. The highest BCUT2D eigenvalue weighted by Gasteiger charge is 2.39. The van der Waals surface area contributed by atoms with Crippen molar-refractivity contribution < 1.29 is 22.1 Å². The Morgan fingerprint density at radius 1 is 0.509 bits per heavy atom. The first-order chi connectivity index (χ1) is 26.0. The molecule has 0 aromatic heterocycles. The van der Waals surface area contributed by atoms with E-state index in [1.807, 2.05) is 97.9 Å². The van der Waals surface area contributed by atoms with Crippen molar-refractivity contribution in [2.45, 2.75) is 133 Å². The number of aryl methyl sites for hydroxylation is 1. The second-order valence-electron chi connectivity index (χ2n) is 14.5. The summed E-state index contributed by atoms with van der Waals surface area (Å²) in [6.45, 7) is 4.84. The minimum Gasteiger partial charge on any atom is -0.379 e. The maximum absolute atomic E-state index is 13.5. The van der Waals surface area contributed by atoms with Gasteiger partial charge >= 0.3 is 0 Å². The molecule has 53 heavy (non-hydrogen) atoms. The number of hydrogen-bond acceptors (Lipinski definition) is 5. The minimum absolute atomic E-state index is 0.0112. The van der Waals surface area contributed by atoms with Crippen LogP contribution in [0.5, 0.6) is 0 Å². The van der Waals surface area contributed by atoms with E-state index in [1.54, 1.807) is 24.3 Å². The molecule has 1 atom stereocenters. The van der Waals surface area contributed by atoms with Gasteiger partial charge in [-0.05, 0) is 42.2 Å². The molecule has 4 rings (SSSR count). The van der Waals surface area contributed by atoms with Gasteiger partial charge in [-0.25, -0.2) is 0 Å². The molecule has 0 radical (unpaired) electrons. The second-order valence-corrected chi connectivity index (χ2v) is 16.0. The highest BCUT2D eigenvalue weighted by Crippen LogP contribution is 2.40. The molecule has 0 saturated heterocycles. The molecule has 6 heteroatoms. The fourth-order valence-electron chi connectivity index (χ4n) is 7.00. The normalized spacial score (nSPS) is 12.6. The Morgan fingerprint density at radius 3 is 1.32 bits per heavy atom. The largest absolute Gasteiger partial charge is 0.379 e. The van der Waals surface area contributed by atoms with Gasteiger partial charge in [0.1, 0.15) is 11.7 Å². The Bertz CT molecular complexity index is 1510. The van der Waals surface area contributed by atoms with E-state index in [9.17, 15) is 8.42 Å². The van der Waals surface area contributed by atoms with Crippen molar-refractivity contribution in [3.63, 3.8) is 0 Å². The van der Waals surface area contributed by atoms with Crippen LogP contribution in [0.1, 0.15) is 132 Å². The van der Waals surface area contributed by atoms with Crippen molar-refractivity contribution in [3.05, 3.63) is 138 Å². The molecule has 4 aromatic rings. The van der Waals surface area contributed by atoms with Gasteiger partial charge < -0.3 is 9.47 Å². The van der Waals surface area contributed by atoms with Crippen LogP contribution >= 0.6 is 0 Å². The molecule has 5 nitrogen and oxygen atoms in total. The molecule has 0 saturated carbocycles. The maximum Gasteiger partial charge on any atom is 0.297 e. The van der Waals surface area contributed by atoms with Crippen LogP contribution in [-0.2, 0) is 29.4 Å². The predicted octanol–water partition coefficient (Wildman–Crippen LogP) is 12.4. The maximum atomic E-state index is 13.5. The first-order valence-electron chi connectivity index (χ1n) is 20.3. The van der Waals surface area contributed by atoms with Gasteiger partial charge in [-0.15, -0.1) is 0 Å². The van der Waals surface area contributed by atoms with Gasteiger partial charge in [-0.2, -0.15) is 8.42 Å². The highest BCUT2D eigenvalue weighted by molar-refractivity contribution is 7.86. The Hall–Kier alpha value is -3.29. The summed E-state index contributed by atoms with van der Waals surface area (Å²) in [6.07, 6.45) is 20.1. The van der Waals surface area contributed by atoms with Crippen LogP contribution in [0.2, 0.25) is 0 Å². The third-order valence-corrected chi connectivity index (χ3v) is 11.4. The summed E-state index contributed by atoms with van der Waals surface area (Å²) in [4.78, 5) is 0.117. The standard InChI is InChI=1S/C47H64O5S/c1-3-4-5-6-7-8-9-10-11-12-13-14-15-16-17-27-38-50-39-45(52-53(48,49)46-36-34-41(2)35-37-46)40-51-47(42-28-21-18-22-29-42,43-30-23-19-24-31-43)44-32-25-20-26-33-44/h18-26,28-37,45H,3-17,27,38-40H2,1-2H3. The first-order valence-corrected chi connectivity index (χ1v) is 21.7. The van der Waals surface area contributed by atoms with Gasteiger partial charge in [0.2, 0.25) is 0 Å². The number of hydrogen-bond donors (Lipinski definition) is 0. The summed E-state index contributed by atoms with van der Waals surface area (Å²) < 4.78 is 46.1. The fourth-order valence-corrected chi connectivity index (χ4v) is 8.05. The number of unbranched alkanes of at least 4 members (excludes halogenated alkanes) is 15. The van der Waals surface area contributed by atoms with E-state index in [1.165, 1.54) is 89.9 Å². The number of ether oxygens (including phenoxy) is 2. The Balaban J connectivity index is 1.32. The molecule has 0 aliphatic rings. The summed E-state index contributed by atoms with van der Waals surface area (Å²) in [5.41, 5.74) is 2.78. The zero-order valence-electron chi connectivity index (χ0n) is 32.4. The topological polar surface area (TPSA) is 61.8 Å². The van der Waals surface area contributed by atoms with Crippen molar-refractivity contribution in [2.24, 2.45) is 0 Å². The van der Waals surface area contributed by atoms with Gasteiger partial charge in [-0.3, -0.25) is 4.18 Å². The molecular weight excluding hydrogens is 677 g/mol. The van der Waals surface area contributed by atoms with Crippen molar-refractivity contribution >= 4 is 10.1 Å². The molecule has 0 aliphatic heterocycles. The summed E-state index contributed by atoms with van der Waals surface area (Å²) in [5.74, 6) is 0. The van der Waals surface area contributed by atoms with Crippen LogP contribution in [0.25, 0.3) is 0 Å². The molecule has 1 unspecified atom stereocenters. The molecule has 4 aromatic carbocycles. The molecule has 288 valence electrons. The zero-order valence-corrected chi connectivity index (χ0v) is 33.2. The summed E-state index contributed by atoms with van der Waals surface area (Å²) in [5, 5.41) is 0. The van der Waals surface area contributed by atoms with Gasteiger partial charge in [0.05, 0.1) is 18.1 Å². The van der Waals surface area contributed by atoms with Gasteiger partial charge in [-0.1, -0.05) is 212 Å². The molecule has 0 N–H and O–H groups in total. The number of benzene rings is 4. The Kier molecular flexibility index (Phi) is 19.4. The van der Waals surface area contributed by atoms with Crippen LogP contribution in [0.4, 0.5) is 0 Å². The van der Waals surface area contributed by atoms with Crippen LogP contribution in [-0.4, -0.2) is 34.3 Å². The van der Waals surface area contributed by atoms with Crippen LogP contribution in [0.3, 0.4) is 0 Å². The summed E-state index contributed by atoms with van der Waals surface area (Å²) in [6, 6.07) is 36.9. The monoisotopic (exact) mass is 740 g/mol. The van der Waals surface area contributed by atoms with Gasteiger partial charge in [0, 0.05) is 6.61 Å². The predicted molar refractivity (Wildman–Crippen MR) is 219 cm³/mol. The Morgan fingerprint density at radius 2 is 0.906 bits per heavy atom. The fraction of sp³-hybridized carbons (Fsp3) is 0.489. The molecule has 0 amide bonds. The van der Waals surface area contributed by atoms with E-state index >= 15 is 0 Å². The zero-order chi connectivity index (χ0) is 37.5. The second kappa shape index (κ2) is 24.2. The molecule has 0 bridgehead atoms. The number of rotatable bonds is 28. The lowest BCUT2D eigenvalue weighted by Gasteiger charge is -2.37. The minimum atomic E-state index is -4.07. The van der Waals surface area contributed by atoms with Crippen molar-refractivity contribution in [2.75, 3.05) is 19.8 Å². The summed E-state index contributed by atoms with van der Waals surface area (Å²) >= 11 is 0. The lowest BCUT2D eigenvalue weighted by Crippen LogP contribution is -2.38. The van der Waals surface area contributed by atoms with E-state index in [0.717, 1.165) is 35.1 Å². The first kappa shape index (κ1) is 42.5. The average molecular weight is 741 g/mol. The third-order valence-electron chi connectivity index (χ3n) is 10.0. The summed E-state index contributed by atoms with van der Waals surface area (Å²) in [7, 11) is -4.07. The quantitative estimate of drug-likeness (QED) is 0.0330. The molecule has 0 fully saturated rings. The van der Waals surface area contributed by atoms with E-state index in [-0.39, 0.29) is 18.1 Å². The van der Waals surface area contributed by atoms with Crippen LogP contribution < -0.4 is 0 Å². The molecule has 0 aliphatic carbocycles. The van der Waals surface area contributed by atoms with E-state index < -0.39 is 21.8 Å². The van der Waals surface area contributed by atoms with Crippen molar-refractivity contribution in [3.8, 4) is 0 Å². The van der Waals surface area contributed by atoms with Crippen LogP contribution in [0.15, 0.2) is 120 Å². The third kappa shape index (κ3) is 14.5. The SMILES string of the molecule is CCCCCCCCCCCCCCCCCCOCC(COC(c1ccccc1)(c1ccccc1)c1ccccc1)OS(=O)(=O)c1ccc(C)cc1. The van der Waals surface area contributed by atoms with E-state index in [4.69, 9.17) is 13.7 Å². The van der Waals surface area contributed by atoms with Crippen molar-refractivity contribution in [1.82, 2.24) is 0 Å². The van der Waals surface area contributed by atoms with Gasteiger partial charge in [0.15, 0.2) is 0 Å². The van der Waals surface area contributed by atoms with Gasteiger partial charge in [0.25, 0.3) is 10.1 Å². The molecule has 0 heterocycles. The molecule has 0 spiro atoms. The average Bonchev–Trinajstić information content (AvgIpc) is 3.19. The van der Waals surface area contributed by atoms with E-state index in [2.05, 4.69) is 6.92 Å². The highest BCUT2D eigenvalue weighted by atomic mass is 32.2. The van der Waals surface area contributed by atoms with Crippen molar-refractivity contribution in [1.29, 1.82) is 0 Å². The van der Waals surface area contributed by atoms with Crippen LogP contribution in [0, 0.1) is 6.92 Å². The Labute approximate surface area is 321 Å². The lowest BCUT2D eigenvalue weighted by molar-refractivity contribution is -0.0535.